The molecule has 4 aromatic rings. The van der Waals surface area contributed by atoms with Gasteiger partial charge in [-0.05, 0) is 24.3 Å². The van der Waals surface area contributed by atoms with Crippen molar-refractivity contribution in [3.8, 4) is 0 Å². The van der Waals surface area contributed by atoms with Crippen LogP contribution in [0.5, 0.6) is 0 Å². The molecule has 2 aromatic heterocycles. The number of anilines is 1. The molecule has 0 atom stereocenters. The maximum atomic E-state index is 13.2. The summed E-state index contributed by atoms with van der Waals surface area (Å²) in [7, 11) is 1.93. The van der Waals surface area contributed by atoms with E-state index in [1.165, 1.54) is 12.1 Å². The average molecular weight is 308 g/mol. The first-order valence-electron chi connectivity index (χ1n) is 7.17. The third kappa shape index (κ3) is 2.38. The number of benzene rings is 2. The second kappa shape index (κ2) is 5.31. The number of fused-ring (bicyclic) bond motifs is 2. The summed E-state index contributed by atoms with van der Waals surface area (Å²) >= 11 is 0. The van der Waals surface area contributed by atoms with Crippen molar-refractivity contribution >= 4 is 27.7 Å². The number of hydrogen-bond donors (Lipinski definition) is 0. The van der Waals surface area contributed by atoms with Gasteiger partial charge in [-0.15, -0.1) is 0 Å². The van der Waals surface area contributed by atoms with E-state index in [2.05, 4.69) is 15.1 Å². The predicted octanol–water partition coefficient (Wildman–Crippen LogP) is 3.55. The molecule has 6 heteroatoms. The summed E-state index contributed by atoms with van der Waals surface area (Å²) in [4.78, 5) is 10.6. The van der Waals surface area contributed by atoms with Crippen LogP contribution in [-0.4, -0.2) is 22.2 Å². The zero-order chi connectivity index (χ0) is 15.8. The molecule has 0 fully saturated rings. The van der Waals surface area contributed by atoms with Gasteiger partial charge in [-0.1, -0.05) is 17.3 Å². The maximum absolute atomic E-state index is 13.2. The standard InChI is InChI=1S/C17H13FN4O/c1-22(17-13-4-2-3-5-14(13)19-10-20-17)9-15-12-7-6-11(18)8-16(12)23-21-15/h2-8,10H,9H2,1H3. The van der Waals surface area contributed by atoms with E-state index < -0.39 is 0 Å². The van der Waals surface area contributed by atoms with E-state index in [9.17, 15) is 4.39 Å². The van der Waals surface area contributed by atoms with Crippen LogP contribution in [0.15, 0.2) is 53.3 Å². The first-order chi connectivity index (χ1) is 11.2. The number of rotatable bonds is 3. The molecule has 0 radical (unpaired) electrons. The molecule has 23 heavy (non-hydrogen) atoms. The van der Waals surface area contributed by atoms with Crippen LogP contribution in [0.4, 0.5) is 10.2 Å². The quantitative estimate of drug-likeness (QED) is 0.579. The molecule has 0 aliphatic carbocycles. The minimum atomic E-state index is -0.338. The van der Waals surface area contributed by atoms with E-state index in [-0.39, 0.29) is 5.82 Å². The van der Waals surface area contributed by atoms with Gasteiger partial charge in [0.1, 0.15) is 23.7 Å². The molecule has 0 bridgehead atoms. The van der Waals surface area contributed by atoms with Crippen LogP contribution >= 0.6 is 0 Å². The van der Waals surface area contributed by atoms with E-state index in [1.54, 1.807) is 12.4 Å². The topological polar surface area (TPSA) is 55.1 Å². The Morgan fingerprint density at radius 2 is 1.96 bits per heavy atom. The number of nitrogens with zero attached hydrogens (tertiary/aromatic N) is 4. The van der Waals surface area contributed by atoms with Gasteiger partial charge in [0, 0.05) is 23.9 Å². The number of hydrogen-bond acceptors (Lipinski definition) is 5. The average Bonchev–Trinajstić information content (AvgIpc) is 2.96. The van der Waals surface area contributed by atoms with Crippen molar-refractivity contribution < 1.29 is 8.91 Å². The lowest BCUT2D eigenvalue weighted by Gasteiger charge is -2.18. The smallest absolute Gasteiger partial charge is 0.170 e. The van der Waals surface area contributed by atoms with Crippen LogP contribution in [0, 0.1) is 5.82 Å². The molecule has 0 N–H and O–H groups in total. The van der Waals surface area contributed by atoms with E-state index in [1.807, 2.05) is 36.2 Å². The molecule has 0 saturated carbocycles. The molecule has 5 nitrogen and oxygen atoms in total. The van der Waals surface area contributed by atoms with E-state index >= 15 is 0 Å². The van der Waals surface area contributed by atoms with E-state index in [4.69, 9.17) is 4.52 Å². The molecule has 4 rings (SSSR count). The Morgan fingerprint density at radius 3 is 2.87 bits per heavy atom. The molecule has 0 unspecified atom stereocenters. The van der Waals surface area contributed by atoms with Crippen LogP contribution in [0.3, 0.4) is 0 Å². The highest BCUT2D eigenvalue weighted by atomic mass is 19.1. The lowest BCUT2D eigenvalue weighted by Crippen LogP contribution is -2.18. The Kier molecular flexibility index (Phi) is 3.15. The van der Waals surface area contributed by atoms with E-state index in [0.29, 0.717) is 12.1 Å². The zero-order valence-electron chi connectivity index (χ0n) is 12.4. The van der Waals surface area contributed by atoms with Crippen molar-refractivity contribution in [2.45, 2.75) is 6.54 Å². The molecule has 0 amide bonds. The Hall–Kier alpha value is -3.02. The molecule has 2 heterocycles. The monoisotopic (exact) mass is 308 g/mol. The second-order valence-electron chi connectivity index (χ2n) is 5.34. The normalized spacial score (nSPS) is 11.2. The largest absolute Gasteiger partial charge is 0.356 e. The Labute approximate surface area is 131 Å². The predicted molar refractivity (Wildman–Crippen MR) is 85.6 cm³/mol. The van der Waals surface area contributed by atoms with Gasteiger partial charge in [0.15, 0.2) is 5.58 Å². The van der Waals surface area contributed by atoms with Crippen molar-refractivity contribution in [2.24, 2.45) is 0 Å². The van der Waals surface area contributed by atoms with Crippen LogP contribution in [0.1, 0.15) is 5.69 Å². The van der Waals surface area contributed by atoms with Gasteiger partial charge >= 0.3 is 0 Å². The molecule has 114 valence electrons. The number of halogens is 1. The highest BCUT2D eigenvalue weighted by molar-refractivity contribution is 5.89. The Morgan fingerprint density at radius 1 is 1.09 bits per heavy atom. The van der Waals surface area contributed by atoms with Crippen molar-refractivity contribution in [3.05, 3.63) is 60.3 Å². The van der Waals surface area contributed by atoms with E-state index in [0.717, 1.165) is 27.8 Å². The highest BCUT2D eigenvalue weighted by Gasteiger charge is 2.14. The highest BCUT2D eigenvalue weighted by Crippen LogP contribution is 2.25. The van der Waals surface area contributed by atoms with Gasteiger partial charge in [0.2, 0.25) is 0 Å². The first kappa shape index (κ1) is 13.6. The molecule has 2 aromatic carbocycles. The van der Waals surface area contributed by atoms with Crippen molar-refractivity contribution in [3.63, 3.8) is 0 Å². The van der Waals surface area contributed by atoms with Gasteiger partial charge in [0.25, 0.3) is 0 Å². The van der Waals surface area contributed by atoms with Crippen molar-refractivity contribution in [2.75, 3.05) is 11.9 Å². The summed E-state index contributed by atoms with van der Waals surface area (Å²) in [5, 5.41) is 5.83. The molecular weight excluding hydrogens is 295 g/mol. The first-order valence-corrected chi connectivity index (χ1v) is 7.17. The molecule has 0 aliphatic heterocycles. The SMILES string of the molecule is CN(Cc1noc2cc(F)ccc12)c1ncnc2ccccc12. The maximum Gasteiger partial charge on any atom is 0.170 e. The van der Waals surface area contributed by atoms with Gasteiger partial charge < -0.3 is 9.42 Å². The van der Waals surface area contributed by atoms with Crippen LogP contribution in [0.25, 0.3) is 21.9 Å². The lowest BCUT2D eigenvalue weighted by molar-refractivity contribution is 0.444. The second-order valence-corrected chi connectivity index (χ2v) is 5.34. The molecular formula is C17H13FN4O. The van der Waals surface area contributed by atoms with Gasteiger partial charge in [-0.3, -0.25) is 0 Å². The van der Waals surface area contributed by atoms with Gasteiger partial charge in [-0.25, -0.2) is 14.4 Å². The molecule has 0 aliphatic rings. The fraction of sp³-hybridized carbons (Fsp3) is 0.118. The third-order valence-corrected chi connectivity index (χ3v) is 3.78. The third-order valence-electron chi connectivity index (χ3n) is 3.78. The zero-order valence-corrected chi connectivity index (χ0v) is 12.4. The molecule has 0 saturated heterocycles. The fourth-order valence-electron chi connectivity index (χ4n) is 2.67. The Balaban J connectivity index is 1.72. The van der Waals surface area contributed by atoms with Gasteiger partial charge in [0.05, 0.1) is 12.1 Å². The summed E-state index contributed by atoms with van der Waals surface area (Å²) in [6.07, 6.45) is 1.55. The summed E-state index contributed by atoms with van der Waals surface area (Å²) in [6.45, 7) is 0.500. The van der Waals surface area contributed by atoms with Gasteiger partial charge in [-0.2, -0.15) is 0 Å². The minimum Gasteiger partial charge on any atom is -0.356 e. The molecule has 0 spiro atoms. The number of aromatic nitrogens is 3. The lowest BCUT2D eigenvalue weighted by atomic mass is 10.2. The number of para-hydroxylation sites is 1. The van der Waals surface area contributed by atoms with Crippen LogP contribution in [0.2, 0.25) is 0 Å². The summed E-state index contributed by atoms with van der Waals surface area (Å²) < 4.78 is 18.4. The summed E-state index contributed by atoms with van der Waals surface area (Å²) in [5.41, 5.74) is 2.07. The van der Waals surface area contributed by atoms with Crippen LogP contribution < -0.4 is 4.90 Å². The van der Waals surface area contributed by atoms with Crippen molar-refractivity contribution in [1.82, 2.24) is 15.1 Å². The summed E-state index contributed by atoms with van der Waals surface area (Å²) in [5.74, 6) is 0.476. The summed E-state index contributed by atoms with van der Waals surface area (Å²) in [6, 6.07) is 12.3. The van der Waals surface area contributed by atoms with Crippen molar-refractivity contribution in [1.29, 1.82) is 0 Å². The Bertz CT molecular complexity index is 993. The fourth-order valence-corrected chi connectivity index (χ4v) is 2.67. The minimum absolute atomic E-state index is 0.338. The van der Waals surface area contributed by atoms with Crippen LogP contribution in [-0.2, 0) is 6.54 Å².